The summed E-state index contributed by atoms with van der Waals surface area (Å²) in [7, 11) is 0. The highest BCUT2D eigenvalue weighted by Gasteiger charge is 2.24. The van der Waals surface area contributed by atoms with Crippen molar-refractivity contribution in [1.82, 2.24) is 9.97 Å². The van der Waals surface area contributed by atoms with Gasteiger partial charge in [0.2, 0.25) is 5.95 Å². The van der Waals surface area contributed by atoms with E-state index in [1.165, 1.54) is 0 Å². The SMILES string of the molecule is CC#C[C@H]1N=Nc2nc(N)nc(N)c21. The van der Waals surface area contributed by atoms with E-state index in [1.807, 2.05) is 0 Å². The van der Waals surface area contributed by atoms with Crippen molar-refractivity contribution in [2.75, 3.05) is 11.5 Å². The smallest absolute Gasteiger partial charge is 0.224 e. The summed E-state index contributed by atoms with van der Waals surface area (Å²) in [5.74, 6) is 6.41. The van der Waals surface area contributed by atoms with Crippen LogP contribution in [0, 0.1) is 11.8 Å². The molecular formula is C8H8N6. The number of anilines is 2. The van der Waals surface area contributed by atoms with Crippen LogP contribution in [0.5, 0.6) is 0 Å². The lowest BCUT2D eigenvalue weighted by Crippen LogP contribution is -2.04. The van der Waals surface area contributed by atoms with Crippen molar-refractivity contribution in [3.8, 4) is 11.8 Å². The fourth-order valence-corrected chi connectivity index (χ4v) is 1.24. The molecule has 0 fully saturated rings. The second-order valence-corrected chi connectivity index (χ2v) is 2.72. The van der Waals surface area contributed by atoms with E-state index >= 15 is 0 Å². The Labute approximate surface area is 80.5 Å². The lowest BCUT2D eigenvalue weighted by Gasteiger charge is -2.03. The molecule has 70 valence electrons. The van der Waals surface area contributed by atoms with Gasteiger partial charge in [0.05, 0.1) is 5.56 Å². The van der Waals surface area contributed by atoms with Crippen molar-refractivity contribution in [3.05, 3.63) is 5.56 Å². The lowest BCUT2D eigenvalue weighted by molar-refractivity contribution is 0.926. The normalized spacial score (nSPS) is 17.4. The molecule has 14 heavy (non-hydrogen) atoms. The van der Waals surface area contributed by atoms with Crippen molar-refractivity contribution in [2.24, 2.45) is 10.2 Å². The summed E-state index contributed by atoms with van der Waals surface area (Å²) in [5, 5.41) is 7.74. The van der Waals surface area contributed by atoms with Crippen molar-refractivity contribution < 1.29 is 0 Å². The third kappa shape index (κ3) is 1.15. The van der Waals surface area contributed by atoms with E-state index in [2.05, 4.69) is 32.0 Å². The molecule has 0 aliphatic carbocycles. The first-order valence-corrected chi connectivity index (χ1v) is 3.98. The van der Waals surface area contributed by atoms with Crippen LogP contribution in [0.4, 0.5) is 17.6 Å². The lowest BCUT2D eigenvalue weighted by atomic mass is 10.1. The predicted molar refractivity (Wildman–Crippen MR) is 51.6 cm³/mol. The van der Waals surface area contributed by atoms with Crippen molar-refractivity contribution >= 4 is 17.6 Å². The van der Waals surface area contributed by atoms with Gasteiger partial charge in [0.15, 0.2) is 11.9 Å². The van der Waals surface area contributed by atoms with E-state index in [0.29, 0.717) is 17.2 Å². The number of fused-ring (bicyclic) bond motifs is 1. The van der Waals surface area contributed by atoms with Crippen LogP contribution in [0.2, 0.25) is 0 Å². The van der Waals surface area contributed by atoms with Crippen LogP contribution in [0.1, 0.15) is 18.5 Å². The van der Waals surface area contributed by atoms with Crippen LogP contribution in [-0.2, 0) is 0 Å². The zero-order valence-corrected chi connectivity index (χ0v) is 7.52. The van der Waals surface area contributed by atoms with Gasteiger partial charge in [-0.2, -0.15) is 15.1 Å². The summed E-state index contributed by atoms with van der Waals surface area (Å²) in [6.45, 7) is 1.72. The van der Waals surface area contributed by atoms with E-state index < -0.39 is 0 Å². The molecule has 0 spiro atoms. The average Bonchev–Trinajstić information content (AvgIpc) is 2.49. The standard InChI is InChI=1S/C8H8N6/c1-2-3-4-5-6(9)11-8(10)12-7(5)14-13-4/h4H,1H3,(H4,9,10,11,12)/t4-/m1/s1. The third-order valence-corrected chi connectivity index (χ3v) is 1.79. The second kappa shape index (κ2) is 2.96. The Morgan fingerprint density at radius 3 is 2.79 bits per heavy atom. The number of nitrogens with two attached hydrogens (primary N) is 2. The van der Waals surface area contributed by atoms with E-state index in [9.17, 15) is 0 Å². The molecule has 2 rings (SSSR count). The number of nitrogen functional groups attached to an aromatic ring is 2. The molecule has 0 bridgehead atoms. The first kappa shape index (κ1) is 8.44. The monoisotopic (exact) mass is 188 g/mol. The molecule has 0 aromatic carbocycles. The summed E-state index contributed by atoms with van der Waals surface area (Å²) in [4.78, 5) is 7.74. The summed E-state index contributed by atoms with van der Waals surface area (Å²) < 4.78 is 0. The van der Waals surface area contributed by atoms with E-state index in [1.54, 1.807) is 6.92 Å². The van der Waals surface area contributed by atoms with Gasteiger partial charge in [0, 0.05) is 0 Å². The molecule has 0 saturated carbocycles. The highest BCUT2D eigenvalue weighted by atomic mass is 15.2. The number of aromatic nitrogens is 2. The van der Waals surface area contributed by atoms with Crippen molar-refractivity contribution in [3.63, 3.8) is 0 Å². The number of nitrogens with zero attached hydrogens (tertiary/aromatic N) is 4. The van der Waals surface area contributed by atoms with Crippen LogP contribution in [0.3, 0.4) is 0 Å². The first-order chi connectivity index (χ1) is 6.72. The molecule has 6 nitrogen and oxygen atoms in total. The van der Waals surface area contributed by atoms with Crippen LogP contribution < -0.4 is 11.5 Å². The van der Waals surface area contributed by atoms with Gasteiger partial charge in [-0.1, -0.05) is 5.92 Å². The molecule has 1 aliphatic heterocycles. The van der Waals surface area contributed by atoms with Crippen LogP contribution in [-0.4, -0.2) is 9.97 Å². The molecule has 2 heterocycles. The summed E-state index contributed by atoms with van der Waals surface area (Å²) in [5.41, 5.74) is 11.7. The maximum absolute atomic E-state index is 5.67. The van der Waals surface area contributed by atoms with E-state index in [4.69, 9.17) is 11.5 Å². The zero-order valence-electron chi connectivity index (χ0n) is 7.52. The molecule has 0 amide bonds. The average molecular weight is 188 g/mol. The Morgan fingerprint density at radius 1 is 1.29 bits per heavy atom. The summed E-state index contributed by atoms with van der Waals surface area (Å²) >= 11 is 0. The molecule has 1 atom stereocenters. The minimum atomic E-state index is -0.351. The Hall–Kier alpha value is -2.16. The van der Waals surface area contributed by atoms with Gasteiger partial charge in [-0.3, -0.25) is 0 Å². The number of rotatable bonds is 0. The van der Waals surface area contributed by atoms with E-state index in [0.717, 1.165) is 0 Å². The van der Waals surface area contributed by atoms with Gasteiger partial charge in [-0.05, 0) is 6.92 Å². The number of azo groups is 1. The minimum Gasteiger partial charge on any atom is -0.383 e. The van der Waals surface area contributed by atoms with Crippen LogP contribution >= 0.6 is 0 Å². The molecule has 1 aliphatic rings. The Kier molecular flexibility index (Phi) is 1.78. The van der Waals surface area contributed by atoms with Gasteiger partial charge in [-0.25, -0.2) is 0 Å². The molecule has 0 saturated heterocycles. The van der Waals surface area contributed by atoms with Gasteiger partial charge in [0.25, 0.3) is 0 Å². The second-order valence-electron chi connectivity index (χ2n) is 2.72. The quantitative estimate of drug-likeness (QED) is 0.588. The van der Waals surface area contributed by atoms with Crippen molar-refractivity contribution in [1.29, 1.82) is 0 Å². The van der Waals surface area contributed by atoms with Crippen LogP contribution in [0.15, 0.2) is 10.2 Å². The van der Waals surface area contributed by atoms with Gasteiger partial charge >= 0.3 is 0 Å². The zero-order chi connectivity index (χ0) is 10.1. The molecule has 1 aromatic rings. The van der Waals surface area contributed by atoms with Gasteiger partial charge < -0.3 is 11.5 Å². The predicted octanol–water partition coefficient (Wildman–Crippen LogP) is 0.803. The maximum atomic E-state index is 5.67. The molecule has 0 unspecified atom stereocenters. The largest absolute Gasteiger partial charge is 0.383 e. The molecule has 1 aromatic heterocycles. The highest BCUT2D eigenvalue weighted by molar-refractivity contribution is 5.60. The Morgan fingerprint density at radius 2 is 2.07 bits per heavy atom. The first-order valence-electron chi connectivity index (χ1n) is 3.98. The number of hydrogen-bond acceptors (Lipinski definition) is 6. The maximum Gasteiger partial charge on any atom is 0.224 e. The fraction of sp³-hybridized carbons (Fsp3) is 0.250. The minimum absolute atomic E-state index is 0.102. The molecule has 0 radical (unpaired) electrons. The highest BCUT2D eigenvalue weighted by Crippen LogP contribution is 2.36. The molecule has 4 N–H and O–H groups in total. The summed E-state index contributed by atoms with van der Waals surface area (Å²) in [6, 6.07) is -0.351. The van der Waals surface area contributed by atoms with Crippen molar-refractivity contribution in [2.45, 2.75) is 13.0 Å². The fourth-order valence-electron chi connectivity index (χ4n) is 1.24. The topological polar surface area (TPSA) is 103 Å². The van der Waals surface area contributed by atoms with Gasteiger partial charge in [0.1, 0.15) is 5.82 Å². The number of hydrogen-bond donors (Lipinski definition) is 2. The Balaban J connectivity index is 2.57. The Bertz CT molecular complexity index is 467. The third-order valence-electron chi connectivity index (χ3n) is 1.79. The molecular weight excluding hydrogens is 180 g/mol. The van der Waals surface area contributed by atoms with E-state index in [-0.39, 0.29) is 12.0 Å². The van der Waals surface area contributed by atoms with Crippen LogP contribution in [0.25, 0.3) is 0 Å². The van der Waals surface area contributed by atoms with Gasteiger partial charge in [-0.15, -0.1) is 11.0 Å². The molecule has 6 heteroatoms. The summed E-state index contributed by atoms with van der Waals surface area (Å²) in [6.07, 6.45) is 0.